The highest BCUT2D eigenvalue weighted by atomic mass is 19.1. The molecule has 1 heterocycles. The summed E-state index contributed by atoms with van der Waals surface area (Å²) in [4.78, 5) is 22.7. The van der Waals surface area contributed by atoms with Crippen LogP contribution in [0.5, 0.6) is 0 Å². The Bertz CT molecular complexity index is 454. The van der Waals surface area contributed by atoms with E-state index >= 15 is 0 Å². The van der Waals surface area contributed by atoms with E-state index in [0.29, 0.717) is 19.3 Å². The second-order valence-electron chi connectivity index (χ2n) is 4.94. The number of carbonyl (C=O) groups is 2. The molecule has 2 amide bonds. The second-order valence-corrected chi connectivity index (χ2v) is 4.94. The molecule has 1 aromatic carbocycles. The van der Waals surface area contributed by atoms with Crippen LogP contribution in [0.4, 0.5) is 4.39 Å². The summed E-state index contributed by atoms with van der Waals surface area (Å²) in [6.45, 7) is 1.88. The van der Waals surface area contributed by atoms with Gasteiger partial charge in [0.2, 0.25) is 11.8 Å². The molecule has 90 valence electrons. The van der Waals surface area contributed by atoms with Crippen molar-refractivity contribution in [3.05, 3.63) is 35.6 Å². The van der Waals surface area contributed by atoms with Crippen LogP contribution < -0.4 is 5.32 Å². The van der Waals surface area contributed by atoms with E-state index in [2.05, 4.69) is 5.32 Å². The molecule has 0 spiro atoms. The summed E-state index contributed by atoms with van der Waals surface area (Å²) in [5.74, 6) is -0.794. The van der Waals surface area contributed by atoms with Crippen molar-refractivity contribution in [2.24, 2.45) is 5.41 Å². The Morgan fingerprint density at radius 2 is 1.94 bits per heavy atom. The van der Waals surface area contributed by atoms with Crippen LogP contribution in [0.2, 0.25) is 0 Å². The molecule has 1 aliphatic heterocycles. The number of halogens is 1. The lowest BCUT2D eigenvalue weighted by Gasteiger charge is -2.32. The highest BCUT2D eigenvalue weighted by Gasteiger charge is 2.35. The van der Waals surface area contributed by atoms with Crippen LogP contribution in [0.1, 0.15) is 25.3 Å². The van der Waals surface area contributed by atoms with Crippen molar-refractivity contribution in [2.75, 3.05) is 0 Å². The SMILES string of the molecule is CC1(Cc2cccc(F)c2)CC(=O)NC(=O)C1. The van der Waals surface area contributed by atoms with Gasteiger partial charge in [-0.15, -0.1) is 0 Å². The third kappa shape index (κ3) is 2.90. The summed E-state index contributed by atoms with van der Waals surface area (Å²) in [6.07, 6.45) is 1.13. The molecule has 0 bridgehead atoms. The first-order valence-electron chi connectivity index (χ1n) is 5.54. The van der Waals surface area contributed by atoms with E-state index < -0.39 is 5.41 Å². The molecule has 1 saturated heterocycles. The van der Waals surface area contributed by atoms with Crippen molar-refractivity contribution in [1.82, 2.24) is 5.32 Å². The van der Waals surface area contributed by atoms with Gasteiger partial charge >= 0.3 is 0 Å². The zero-order valence-corrected chi connectivity index (χ0v) is 9.63. The van der Waals surface area contributed by atoms with E-state index in [0.717, 1.165) is 5.56 Å². The van der Waals surface area contributed by atoms with Gasteiger partial charge in [-0.1, -0.05) is 19.1 Å². The van der Waals surface area contributed by atoms with Crippen LogP contribution in [-0.2, 0) is 16.0 Å². The lowest BCUT2D eigenvalue weighted by molar-refractivity contribution is -0.137. The van der Waals surface area contributed by atoms with Gasteiger partial charge in [0, 0.05) is 12.8 Å². The van der Waals surface area contributed by atoms with Gasteiger partial charge in [-0.3, -0.25) is 14.9 Å². The predicted molar refractivity (Wildman–Crippen MR) is 60.6 cm³/mol. The number of nitrogens with one attached hydrogen (secondary N) is 1. The minimum Gasteiger partial charge on any atom is -0.296 e. The molecule has 1 aromatic rings. The Kier molecular flexibility index (Phi) is 2.96. The van der Waals surface area contributed by atoms with Crippen LogP contribution in [0.25, 0.3) is 0 Å². The molecule has 0 radical (unpaired) electrons. The van der Waals surface area contributed by atoms with E-state index in [1.807, 2.05) is 13.0 Å². The summed E-state index contributed by atoms with van der Waals surface area (Å²) in [6, 6.07) is 6.27. The Morgan fingerprint density at radius 3 is 2.53 bits per heavy atom. The summed E-state index contributed by atoms with van der Waals surface area (Å²) in [5.41, 5.74) is 0.405. The van der Waals surface area contributed by atoms with E-state index in [-0.39, 0.29) is 17.6 Å². The van der Waals surface area contributed by atoms with Crippen LogP contribution >= 0.6 is 0 Å². The zero-order valence-electron chi connectivity index (χ0n) is 9.63. The minimum atomic E-state index is -0.410. The Labute approximate surface area is 99.0 Å². The molecular formula is C13H14FNO2. The predicted octanol–water partition coefficient (Wildman–Crippen LogP) is 1.81. The molecule has 17 heavy (non-hydrogen) atoms. The van der Waals surface area contributed by atoms with Gasteiger partial charge in [-0.25, -0.2) is 4.39 Å². The largest absolute Gasteiger partial charge is 0.296 e. The van der Waals surface area contributed by atoms with Gasteiger partial charge in [0.05, 0.1) is 0 Å². The average molecular weight is 235 g/mol. The van der Waals surface area contributed by atoms with Crippen LogP contribution in [0.3, 0.4) is 0 Å². The maximum Gasteiger partial charge on any atom is 0.227 e. The van der Waals surface area contributed by atoms with Crippen molar-refractivity contribution in [3.63, 3.8) is 0 Å². The molecule has 0 aromatic heterocycles. The van der Waals surface area contributed by atoms with Gasteiger partial charge in [-0.05, 0) is 29.5 Å². The highest BCUT2D eigenvalue weighted by Crippen LogP contribution is 2.33. The number of rotatable bonds is 2. The van der Waals surface area contributed by atoms with Gasteiger partial charge in [0.15, 0.2) is 0 Å². The van der Waals surface area contributed by atoms with E-state index in [4.69, 9.17) is 0 Å². The lowest BCUT2D eigenvalue weighted by atomic mass is 9.75. The summed E-state index contributed by atoms with van der Waals surface area (Å²) >= 11 is 0. The summed E-state index contributed by atoms with van der Waals surface area (Å²) in [7, 11) is 0. The van der Waals surface area contributed by atoms with E-state index in [9.17, 15) is 14.0 Å². The Hall–Kier alpha value is -1.71. The number of amides is 2. The highest BCUT2D eigenvalue weighted by molar-refractivity contribution is 5.98. The maximum atomic E-state index is 13.1. The maximum absolute atomic E-state index is 13.1. The van der Waals surface area contributed by atoms with E-state index in [1.165, 1.54) is 12.1 Å². The summed E-state index contributed by atoms with van der Waals surface area (Å²) < 4.78 is 13.1. The average Bonchev–Trinajstić information content (AvgIpc) is 2.13. The fourth-order valence-corrected chi connectivity index (χ4v) is 2.35. The zero-order chi connectivity index (χ0) is 12.5. The van der Waals surface area contributed by atoms with Crippen molar-refractivity contribution in [2.45, 2.75) is 26.2 Å². The van der Waals surface area contributed by atoms with Gasteiger partial charge in [-0.2, -0.15) is 0 Å². The molecule has 1 N–H and O–H groups in total. The van der Waals surface area contributed by atoms with Crippen molar-refractivity contribution < 1.29 is 14.0 Å². The molecule has 0 aliphatic carbocycles. The Morgan fingerprint density at radius 1 is 1.29 bits per heavy atom. The third-order valence-corrected chi connectivity index (χ3v) is 2.97. The van der Waals surface area contributed by atoms with Crippen LogP contribution in [-0.4, -0.2) is 11.8 Å². The number of benzene rings is 1. The van der Waals surface area contributed by atoms with Gasteiger partial charge in [0.25, 0.3) is 0 Å². The van der Waals surface area contributed by atoms with E-state index in [1.54, 1.807) is 6.07 Å². The van der Waals surface area contributed by atoms with Crippen molar-refractivity contribution in [3.8, 4) is 0 Å². The molecule has 0 unspecified atom stereocenters. The quantitative estimate of drug-likeness (QED) is 0.795. The van der Waals surface area contributed by atoms with Crippen molar-refractivity contribution >= 4 is 11.8 Å². The number of piperidine rings is 1. The number of carbonyl (C=O) groups excluding carboxylic acids is 2. The van der Waals surface area contributed by atoms with Crippen molar-refractivity contribution in [1.29, 1.82) is 0 Å². The van der Waals surface area contributed by atoms with Gasteiger partial charge in [0.1, 0.15) is 5.82 Å². The topological polar surface area (TPSA) is 46.2 Å². The number of imide groups is 1. The third-order valence-electron chi connectivity index (χ3n) is 2.97. The molecule has 0 atom stereocenters. The number of hydrogen-bond acceptors (Lipinski definition) is 2. The van der Waals surface area contributed by atoms with Crippen LogP contribution in [0.15, 0.2) is 24.3 Å². The number of hydrogen-bond donors (Lipinski definition) is 1. The molecule has 0 saturated carbocycles. The lowest BCUT2D eigenvalue weighted by Crippen LogP contribution is -2.44. The summed E-state index contributed by atoms with van der Waals surface area (Å²) in [5, 5.41) is 2.28. The minimum absolute atomic E-state index is 0.250. The molecule has 2 rings (SSSR count). The first-order chi connectivity index (χ1) is 7.97. The molecule has 3 nitrogen and oxygen atoms in total. The smallest absolute Gasteiger partial charge is 0.227 e. The first kappa shape index (κ1) is 11.8. The van der Waals surface area contributed by atoms with Crippen LogP contribution in [0, 0.1) is 11.2 Å². The molecular weight excluding hydrogens is 221 g/mol. The second kappa shape index (κ2) is 4.28. The molecule has 1 aliphatic rings. The molecule has 4 heteroatoms. The monoisotopic (exact) mass is 235 g/mol. The van der Waals surface area contributed by atoms with Gasteiger partial charge < -0.3 is 0 Å². The standard InChI is InChI=1S/C13H14FNO2/c1-13(7-11(16)15-12(17)8-13)6-9-3-2-4-10(14)5-9/h2-5H,6-8H2,1H3,(H,15,16,17). The first-order valence-corrected chi connectivity index (χ1v) is 5.54. The fourth-order valence-electron chi connectivity index (χ4n) is 2.35. The Balaban J connectivity index is 2.16. The molecule has 1 fully saturated rings. The normalized spacial score (nSPS) is 18.9. The fraction of sp³-hybridized carbons (Fsp3) is 0.385.